The number of benzene rings is 1. The number of anilines is 1. The molecule has 0 saturated carbocycles. The van der Waals surface area contributed by atoms with E-state index in [1.54, 1.807) is 0 Å². The topological polar surface area (TPSA) is 69.0 Å². The number of hydrogen-bond acceptors (Lipinski definition) is 6. The van der Waals surface area contributed by atoms with Crippen LogP contribution in [-0.2, 0) is 24.7 Å². The van der Waals surface area contributed by atoms with Crippen LogP contribution < -0.4 is 10.1 Å². The van der Waals surface area contributed by atoms with Crippen molar-refractivity contribution in [2.75, 3.05) is 17.7 Å². The highest BCUT2D eigenvalue weighted by atomic mass is 32.2. The highest BCUT2D eigenvalue weighted by molar-refractivity contribution is 7.99. The van der Waals surface area contributed by atoms with E-state index in [0.717, 1.165) is 17.4 Å². The van der Waals surface area contributed by atoms with Crippen LogP contribution in [0, 0.1) is 0 Å². The van der Waals surface area contributed by atoms with Crippen molar-refractivity contribution in [1.82, 2.24) is 14.8 Å². The van der Waals surface area contributed by atoms with Gasteiger partial charge in [-0.2, -0.15) is 0 Å². The summed E-state index contributed by atoms with van der Waals surface area (Å²) < 4.78 is 7.55. The lowest BCUT2D eigenvalue weighted by atomic mass is 9.96. The Kier molecular flexibility index (Phi) is 6.20. The second-order valence-electron chi connectivity index (χ2n) is 6.89. The minimum atomic E-state index is -0.0976. The van der Waals surface area contributed by atoms with Gasteiger partial charge in [0.2, 0.25) is 5.91 Å². The van der Waals surface area contributed by atoms with E-state index in [9.17, 15) is 4.79 Å². The molecule has 3 aromatic rings. The number of amides is 1. The molecule has 0 unspecified atom stereocenters. The van der Waals surface area contributed by atoms with Crippen LogP contribution in [0.15, 0.2) is 34.8 Å². The summed E-state index contributed by atoms with van der Waals surface area (Å²) >= 11 is 3.21. The lowest BCUT2D eigenvalue weighted by Crippen LogP contribution is -2.15. The molecule has 0 bridgehead atoms. The number of ether oxygens (including phenoxy) is 1. The Bertz CT molecular complexity index is 1010. The maximum atomic E-state index is 12.4. The number of thioether (sulfide) groups is 1. The molecule has 6 nitrogen and oxygen atoms in total. The quantitative estimate of drug-likeness (QED) is 0.559. The number of hydrogen-bond donors (Lipinski definition) is 1. The Morgan fingerprint density at radius 3 is 2.97 bits per heavy atom. The first-order valence-electron chi connectivity index (χ1n) is 9.80. The van der Waals surface area contributed by atoms with Crippen LogP contribution in [0.3, 0.4) is 0 Å². The van der Waals surface area contributed by atoms with Crippen LogP contribution >= 0.6 is 23.1 Å². The molecule has 2 heterocycles. The molecule has 0 aliphatic heterocycles. The van der Waals surface area contributed by atoms with Crippen molar-refractivity contribution in [3.8, 4) is 17.1 Å². The molecule has 152 valence electrons. The zero-order chi connectivity index (χ0) is 20.2. The summed E-state index contributed by atoms with van der Waals surface area (Å²) in [5, 5.41) is 14.6. The fraction of sp³-hybridized carbons (Fsp3) is 0.381. The molecule has 1 N–H and O–H groups in total. The number of fused-ring (bicyclic) bond motifs is 1. The van der Waals surface area contributed by atoms with Gasteiger partial charge in [0, 0.05) is 22.9 Å². The molecule has 0 atom stereocenters. The van der Waals surface area contributed by atoms with E-state index in [-0.39, 0.29) is 11.7 Å². The van der Waals surface area contributed by atoms with E-state index in [4.69, 9.17) is 4.74 Å². The maximum absolute atomic E-state index is 12.4. The Hall–Kier alpha value is -2.32. The molecular formula is C21H24N4O2S2. The zero-order valence-electron chi connectivity index (χ0n) is 16.6. The largest absolute Gasteiger partial charge is 0.492 e. The van der Waals surface area contributed by atoms with Gasteiger partial charge < -0.3 is 14.6 Å². The van der Waals surface area contributed by atoms with Gasteiger partial charge in [0.05, 0.1) is 18.0 Å². The smallest absolute Gasteiger partial charge is 0.234 e. The number of rotatable bonds is 7. The second-order valence-corrected chi connectivity index (χ2v) is 8.80. The minimum absolute atomic E-state index is 0.0976. The number of aromatic nitrogens is 3. The molecule has 29 heavy (non-hydrogen) atoms. The lowest BCUT2D eigenvalue weighted by Gasteiger charge is -2.12. The molecule has 1 aromatic carbocycles. The van der Waals surface area contributed by atoms with Crippen LogP contribution in [0.5, 0.6) is 5.75 Å². The molecule has 4 rings (SSSR count). The number of nitrogens with zero attached hydrogens (tertiary/aromatic N) is 3. The van der Waals surface area contributed by atoms with Gasteiger partial charge in [-0.15, -0.1) is 21.5 Å². The maximum Gasteiger partial charge on any atom is 0.234 e. The zero-order valence-corrected chi connectivity index (χ0v) is 18.2. The van der Waals surface area contributed by atoms with Gasteiger partial charge in [0.15, 0.2) is 11.0 Å². The summed E-state index contributed by atoms with van der Waals surface area (Å²) in [6.07, 6.45) is 4.79. The number of nitrogens with one attached hydrogen (secondary N) is 1. The first-order chi connectivity index (χ1) is 14.2. The summed E-state index contributed by atoms with van der Waals surface area (Å²) in [6, 6.07) is 7.46. The first-order valence-corrected chi connectivity index (χ1v) is 11.7. The number of thiophene rings is 1. The van der Waals surface area contributed by atoms with Gasteiger partial charge in [0.25, 0.3) is 0 Å². The van der Waals surface area contributed by atoms with Crippen LogP contribution in [0.1, 0.15) is 30.2 Å². The van der Waals surface area contributed by atoms with Crippen LogP contribution in [-0.4, -0.2) is 33.0 Å². The van der Waals surface area contributed by atoms with Gasteiger partial charge in [-0.1, -0.05) is 23.9 Å². The Balaban J connectivity index is 1.42. The molecule has 8 heteroatoms. The van der Waals surface area contributed by atoms with Gasteiger partial charge in [0.1, 0.15) is 5.75 Å². The highest BCUT2D eigenvalue weighted by Gasteiger charge is 2.21. The SMILES string of the molecule is CCOc1ccccc1NC(=O)CSc1nnc(-c2csc3c2CCCC3)n1C. The lowest BCUT2D eigenvalue weighted by molar-refractivity contribution is -0.113. The van der Waals surface area contributed by atoms with Gasteiger partial charge in [-0.25, -0.2) is 0 Å². The van der Waals surface area contributed by atoms with Crippen molar-refractivity contribution in [2.45, 2.75) is 37.8 Å². The van der Waals surface area contributed by atoms with Crippen LogP contribution in [0.25, 0.3) is 11.4 Å². The Morgan fingerprint density at radius 2 is 2.10 bits per heavy atom. The number of para-hydroxylation sites is 2. The van der Waals surface area contributed by atoms with E-state index in [0.29, 0.717) is 18.0 Å². The third-order valence-corrected chi connectivity index (χ3v) is 7.04. The third kappa shape index (κ3) is 4.33. The second kappa shape index (κ2) is 9.00. The molecule has 2 aromatic heterocycles. The first kappa shape index (κ1) is 20.0. The van der Waals surface area contributed by atoms with Gasteiger partial charge in [-0.3, -0.25) is 4.79 Å². The number of carbonyl (C=O) groups is 1. The van der Waals surface area contributed by atoms with E-state index < -0.39 is 0 Å². The van der Waals surface area contributed by atoms with E-state index in [2.05, 4.69) is 20.9 Å². The van der Waals surface area contributed by atoms with Crippen molar-refractivity contribution in [3.05, 3.63) is 40.1 Å². The van der Waals surface area contributed by atoms with Crippen molar-refractivity contribution in [1.29, 1.82) is 0 Å². The monoisotopic (exact) mass is 428 g/mol. The summed E-state index contributed by atoms with van der Waals surface area (Å²) in [6.45, 7) is 2.47. The van der Waals surface area contributed by atoms with E-state index in [1.807, 2.05) is 54.1 Å². The molecule has 0 saturated heterocycles. The molecule has 1 aliphatic carbocycles. The molecule has 1 amide bonds. The van der Waals surface area contributed by atoms with Crippen molar-refractivity contribution in [2.24, 2.45) is 7.05 Å². The van der Waals surface area contributed by atoms with E-state index >= 15 is 0 Å². The minimum Gasteiger partial charge on any atom is -0.492 e. The molecule has 1 aliphatic rings. The summed E-state index contributed by atoms with van der Waals surface area (Å²) in [4.78, 5) is 13.9. The third-order valence-electron chi connectivity index (χ3n) is 4.93. The standard InChI is InChI=1S/C21H24N4O2S2/c1-3-27-17-10-6-5-9-16(17)22-19(26)13-29-21-24-23-20(25(21)2)15-12-28-18-11-7-4-8-14(15)18/h5-6,9-10,12H,3-4,7-8,11,13H2,1-2H3,(H,22,26). The predicted octanol–water partition coefficient (Wildman–Crippen LogP) is 4.55. The van der Waals surface area contributed by atoms with Gasteiger partial charge in [-0.05, 0) is 50.3 Å². The summed E-state index contributed by atoms with van der Waals surface area (Å²) in [5.41, 5.74) is 3.31. The fourth-order valence-corrected chi connectivity index (χ4v) is 5.36. The molecule has 0 spiro atoms. The van der Waals surface area contributed by atoms with Crippen LogP contribution in [0.4, 0.5) is 5.69 Å². The van der Waals surface area contributed by atoms with E-state index in [1.165, 1.54) is 47.0 Å². The highest BCUT2D eigenvalue weighted by Crippen LogP contribution is 2.36. The number of aryl methyl sites for hydroxylation is 1. The summed E-state index contributed by atoms with van der Waals surface area (Å²) in [5.74, 6) is 1.72. The molecular weight excluding hydrogens is 404 g/mol. The Labute approximate surface area is 178 Å². The molecule has 0 fully saturated rings. The van der Waals surface area contributed by atoms with Crippen molar-refractivity contribution >= 4 is 34.7 Å². The average Bonchev–Trinajstić information content (AvgIpc) is 3.31. The normalized spacial score (nSPS) is 13.2. The molecule has 0 radical (unpaired) electrons. The van der Waals surface area contributed by atoms with Crippen molar-refractivity contribution < 1.29 is 9.53 Å². The fourth-order valence-electron chi connectivity index (χ4n) is 3.52. The number of carbonyl (C=O) groups excluding carboxylic acids is 1. The predicted molar refractivity (Wildman–Crippen MR) is 118 cm³/mol. The van der Waals surface area contributed by atoms with Crippen molar-refractivity contribution in [3.63, 3.8) is 0 Å². The average molecular weight is 429 g/mol. The summed E-state index contributed by atoms with van der Waals surface area (Å²) in [7, 11) is 1.97. The van der Waals surface area contributed by atoms with Gasteiger partial charge >= 0.3 is 0 Å². The van der Waals surface area contributed by atoms with Crippen LogP contribution in [0.2, 0.25) is 0 Å². The Morgan fingerprint density at radius 1 is 1.28 bits per heavy atom.